The Hall–Kier alpha value is -3.22. The van der Waals surface area contributed by atoms with Crippen molar-refractivity contribution in [2.45, 2.75) is 0 Å². The lowest BCUT2D eigenvalue weighted by Gasteiger charge is -2.08. The number of rotatable bonds is 5. The largest absolute Gasteiger partial charge is 0.355 e. The van der Waals surface area contributed by atoms with E-state index in [2.05, 4.69) is 16.0 Å². The molecule has 0 aromatic heterocycles. The monoisotopic (exact) mass is 329 g/mol. The van der Waals surface area contributed by atoms with Gasteiger partial charge in [-0.3, -0.25) is 14.4 Å². The molecule has 0 atom stereocenters. The van der Waals surface area contributed by atoms with Crippen LogP contribution in [0.5, 0.6) is 0 Å². The number of hydrogen-bond acceptors (Lipinski definition) is 3. The molecular weight excluding hydrogens is 313 g/mol. The van der Waals surface area contributed by atoms with Gasteiger partial charge in [0.25, 0.3) is 11.8 Å². The molecule has 0 heterocycles. The Morgan fingerprint density at radius 3 is 2.46 bits per heavy atom. The van der Waals surface area contributed by atoms with Crippen LogP contribution in [0.4, 0.5) is 10.1 Å². The van der Waals surface area contributed by atoms with Gasteiger partial charge in [-0.1, -0.05) is 18.2 Å². The number of nitrogens with one attached hydrogen (secondary N) is 3. The number of carbonyl (C=O) groups is 3. The topological polar surface area (TPSA) is 87.3 Å². The number of hydrogen-bond donors (Lipinski definition) is 3. The lowest BCUT2D eigenvalue weighted by atomic mass is 10.2. The predicted octanol–water partition coefficient (Wildman–Crippen LogP) is 1.55. The molecular formula is C17H16FN3O3. The van der Waals surface area contributed by atoms with Gasteiger partial charge in [0.15, 0.2) is 0 Å². The van der Waals surface area contributed by atoms with Gasteiger partial charge in [0.1, 0.15) is 5.82 Å². The molecule has 0 saturated heterocycles. The van der Waals surface area contributed by atoms with Crippen molar-refractivity contribution in [3.63, 3.8) is 0 Å². The van der Waals surface area contributed by atoms with Crippen molar-refractivity contribution >= 4 is 23.4 Å². The number of carbonyl (C=O) groups excluding carboxylic acids is 3. The number of benzene rings is 2. The molecule has 7 heteroatoms. The van der Waals surface area contributed by atoms with Gasteiger partial charge in [-0.25, -0.2) is 4.39 Å². The SMILES string of the molecule is CNC(=O)c1cccc(NC(=O)CNC(=O)c2ccccc2F)c1. The molecule has 0 aliphatic heterocycles. The molecule has 6 nitrogen and oxygen atoms in total. The van der Waals surface area contributed by atoms with E-state index in [0.717, 1.165) is 0 Å². The zero-order valence-corrected chi connectivity index (χ0v) is 12.9. The first-order valence-corrected chi connectivity index (χ1v) is 7.16. The van der Waals surface area contributed by atoms with Crippen LogP contribution in [0.2, 0.25) is 0 Å². The molecule has 124 valence electrons. The van der Waals surface area contributed by atoms with E-state index in [9.17, 15) is 18.8 Å². The Morgan fingerprint density at radius 1 is 1.00 bits per heavy atom. The third kappa shape index (κ3) is 4.39. The summed E-state index contributed by atoms with van der Waals surface area (Å²) >= 11 is 0. The highest BCUT2D eigenvalue weighted by Crippen LogP contribution is 2.10. The fraction of sp³-hybridized carbons (Fsp3) is 0.118. The van der Waals surface area contributed by atoms with E-state index >= 15 is 0 Å². The van der Waals surface area contributed by atoms with Crippen LogP contribution in [0.15, 0.2) is 48.5 Å². The van der Waals surface area contributed by atoms with E-state index in [4.69, 9.17) is 0 Å². The molecule has 2 aromatic rings. The van der Waals surface area contributed by atoms with Crippen molar-refractivity contribution in [1.29, 1.82) is 0 Å². The molecule has 0 radical (unpaired) electrons. The van der Waals surface area contributed by atoms with E-state index in [-0.39, 0.29) is 18.0 Å². The second-order valence-corrected chi connectivity index (χ2v) is 4.87. The molecule has 0 aliphatic carbocycles. The van der Waals surface area contributed by atoms with Gasteiger partial charge >= 0.3 is 0 Å². The zero-order chi connectivity index (χ0) is 17.5. The van der Waals surface area contributed by atoms with Crippen LogP contribution in [-0.2, 0) is 4.79 Å². The molecule has 0 saturated carbocycles. The smallest absolute Gasteiger partial charge is 0.254 e. The third-order valence-electron chi connectivity index (χ3n) is 3.16. The summed E-state index contributed by atoms with van der Waals surface area (Å²) < 4.78 is 13.5. The molecule has 2 rings (SSSR count). The van der Waals surface area contributed by atoms with Gasteiger partial charge in [0, 0.05) is 18.3 Å². The standard InChI is InChI=1S/C17H16FN3O3/c1-19-16(23)11-5-4-6-12(9-11)21-15(22)10-20-17(24)13-7-2-3-8-14(13)18/h2-9H,10H2,1H3,(H,19,23)(H,20,24)(H,21,22). The molecule has 0 unspecified atom stereocenters. The molecule has 0 bridgehead atoms. The van der Waals surface area contributed by atoms with Crippen LogP contribution in [0, 0.1) is 5.82 Å². The summed E-state index contributed by atoms with van der Waals surface area (Å²) in [6, 6.07) is 11.8. The minimum absolute atomic E-state index is 0.132. The fourth-order valence-electron chi connectivity index (χ4n) is 1.99. The van der Waals surface area contributed by atoms with Crippen molar-refractivity contribution < 1.29 is 18.8 Å². The second-order valence-electron chi connectivity index (χ2n) is 4.87. The van der Waals surface area contributed by atoms with Crippen LogP contribution in [0.3, 0.4) is 0 Å². The number of anilines is 1. The lowest BCUT2D eigenvalue weighted by Crippen LogP contribution is -2.33. The number of halogens is 1. The van der Waals surface area contributed by atoms with E-state index in [1.807, 2.05) is 0 Å². The highest BCUT2D eigenvalue weighted by molar-refractivity contribution is 6.00. The van der Waals surface area contributed by atoms with Crippen LogP contribution in [0.25, 0.3) is 0 Å². The first-order chi connectivity index (χ1) is 11.5. The molecule has 0 spiro atoms. The maximum absolute atomic E-state index is 13.5. The average molecular weight is 329 g/mol. The average Bonchev–Trinajstić information content (AvgIpc) is 2.59. The van der Waals surface area contributed by atoms with E-state index < -0.39 is 17.6 Å². The normalized spacial score (nSPS) is 9.92. The van der Waals surface area contributed by atoms with Gasteiger partial charge < -0.3 is 16.0 Å². The van der Waals surface area contributed by atoms with Gasteiger partial charge in [0.05, 0.1) is 12.1 Å². The molecule has 24 heavy (non-hydrogen) atoms. The first-order valence-electron chi connectivity index (χ1n) is 7.16. The minimum Gasteiger partial charge on any atom is -0.355 e. The van der Waals surface area contributed by atoms with Crippen molar-refractivity contribution in [3.8, 4) is 0 Å². The molecule has 0 aliphatic rings. The van der Waals surface area contributed by atoms with Crippen LogP contribution in [-0.4, -0.2) is 31.3 Å². The summed E-state index contributed by atoms with van der Waals surface area (Å²) in [4.78, 5) is 35.2. The molecule has 3 N–H and O–H groups in total. The predicted molar refractivity (Wildman–Crippen MR) is 87.2 cm³/mol. The van der Waals surface area contributed by atoms with E-state index in [0.29, 0.717) is 11.3 Å². The molecule has 2 aromatic carbocycles. The van der Waals surface area contributed by atoms with Gasteiger partial charge in [-0.2, -0.15) is 0 Å². The quantitative estimate of drug-likeness (QED) is 0.778. The van der Waals surface area contributed by atoms with Crippen molar-refractivity contribution in [1.82, 2.24) is 10.6 Å². The summed E-state index contributed by atoms with van der Waals surface area (Å²) in [6.45, 7) is -0.322. The molecule has 3 amide bonds. The van der Waals surface area contributed by atoms with E-state index in [1.54, 1.807) is 18.2 Å². The van der Waals surface area contributed by atoms with Crippen molar-refractivity contribution in [2.24, 2.45) is 0 Å². The second kappa shape index (κ2) is 7.87. The molecule has 0 fully saturated rings. The van der Waals surface area contributed by atoms with Gasteiger partial charge in [-0.05, 0) is 30.3 Å². The third-order valence-corrected chi connectivity index (χ3v) is 3.16. The summed E-state index contributed by atoms with van der Waals surface area (Å²) in [5.41, 5.74) is 0.679. The summed E-state index contributed by atoms with van der Waals surface area (Å²) in [6.07, 6.45) is 0. The Kier molecular flexibility index (Phi) is 5.62. The first kappa shape index (κ1) is 17.1. The van der Waals surface area contributed by atoms with Crippen molar-refractivity contribution in [3.05, 3.63) is 65.5 Å². The highest BCUT2D eigenvalue weighted by Gasteiger charge is 2.12. The Labute approximate surface area is 138 Å². The number of amides is 3. The highest BCUT2D eigenvalue weighted by atomic mass is 19.1. The summed E-state index contributed by atoms with van der Waals surface area (Å²) in [5, 5.41) is 7.37. The Balaban J connectivity index is 1.93. The van der Waals surface area contributed by atoms with Crippen LogP contribution >= 0.6 is 0 Å². The maximum Gasteiger partial charge on any atom is 0.254 e. The van der Waals surface area contributed by atoms with Crippen LogP contribution in [0.1, 0.15) is 20.7 Å². The zero-order valence-electron chi connectivity index (χ0n) is 12.9. The van der Waals surface area contributed by atoms with Crippen LogP contribution < -0.4 is 16.0 Å². The van der Waals surface area contributed by atoms with Gasteiger partial charge in [0.2, 0.25) is 5.91 Å². The summed E-state index contributed by atoms with van der Waals surface area (Å²) in [7, 11) is 1.51. The Morgan fingerprint density at radius 2 is 1.75 bits per heavy atom. The summed E-state index contributed by atoms with van der Waals surface area (Å²) in [5.74, 6) is -2.11. The van der Waals surface area contributed by atoms with Gasteiger partial charge in [-0.15, -0.1) is 0 Å². The van der Waals surface area contributed by atoms with E-state index in [1.165, 1.54) is 37.4 Å². The Bertz CT molecular complexity index is 777. The lowest BCUT2D eigenvalue weighted by molar-refractivity contribution is -0.115. The maximum atomic E-state index is 13.5. The fourth-order valence-corrected chi connectivity index (χ4v) is 1.99. The van der Waals surface area contributed by atoms with Crippen molar-refractivity contribution in [2.75, 3.05) is 18.9 Å². The minimum atomic E-state index is -0.678.